The molecule has 0 fully saturated rings. The maximum Gasteiger partial charge on any atom is 0.337 e. The van der Waals surface area contributed by atoms with Crippen LogP contribution in [0.5, 0.6) is 0 Å². The third kappa shape index (κ3) is 5.63. The van der Waals surface area contributed by atoms with Crippen LogP contribution >= 0.6 is 11.6 Å². The Morgan fingerprint density at radius 3 is 2.05 bits per heavy atom. The molecule has 0 amide bonds. The SMILES string of the molecule is COC(=O)c1ccc(CCCc2c(CCN)n(C(c3ccccc3)c3ccccc3)c3cccc(Cl)c23)cc1. The molecule has 39 heavy (non-hydrogen) atoms. The number of carbonyl (C=O) groups is 1. The van der Waals surface area contributed by atoms with Crippen LogP contribution in [0.4, 0.5) is 0 Å². The first kappa shape index (κ1) is 26.7. The van der Waals surface area contributed by atoms with Crippen molar-refractivity contribution in [2.75, 3.05) is 13.7 Å². The molecule has 0 saturated heterocycles. The third-order valence-corrected chi connectivity index (χ3v) is 7.64. The van der Waals surface area contributed by atoms with Crippen molar-refractivity contribution in [3.05, 3.63) is 142 Å². The number of esters is 1. The van der Waals surface area contributed by atoms with Crippen LogP contribution in [0.2, 0.25) is 5.02 Å². The number of hydrogen-bond acceptors (Lipinski definition) is 3. The van der Waals surface area contributed by atoms with Gasteiger partial charge in [0, 0.05) is 17.5 Å². The molecule has 5 aromatic rings. The Balaban J connectivity index is 1.57. The average molecular weight is 537 g/mol. The number of nitrogens with two attached hydrogens (primary N) is 1. The number of fused-ring (bicyclic) bond motifs is 1. The summed E-state index contributed by atoms with van der Waals surface area (Å²) in [6.45, 7) is 0.548. The fraction of sp³-hybridized carbons (Fsp3) is 0.206. The monoisotopic (exact) mass is 536 g/mol. The van der Waals surface area contributed by atoms with Crippen LogP contribution in [-0.2, 0) is 24.0 Å². The van der Waals surface area contributed by atoms with Gasteiger partial charge in [-0.15, -0.1) is 0 Å². The maximum atomic E-state index is 11.8. The zero-order valence-electron chi connectivity index (χ0n) is 22.1. The molecule has 0 aliphatic carbocycles. The second-order valence-electron chi connectivity index (χ2n) is 9.73. The van der Waals surface area contributed by atoms with Crippen molar-refractivity contribution in [1.82, 2.24) is 4.57 Å². The first-order valence-electron chi connectivity index (χ1n) is 13.4. The van der Waals surface area contributed by atoms with Gasteiger partial charge in [0.25, 0.3) is 0 Å². The number of carbonyl (C=O) groups excluding carboxylic acids is 1. The lowest BCUT2D eigenvalue weighted by Crippen LogP contribution is -2.18. The first-order valence-corrected chi connectivity index (χ1v) is 13.8. The van der Waals surface area contributed by atoms with E-state index in [1.807, 2.05) is 36.4 Å². The van der Waals surface area contributed by atoms with E-state index >= 15 is 0 Å². The molecule has 0 bridgehead atoms. The Labute approximate surface area is 235 Å². The van der Waals surface area contributed by atoms with Crippen LogP contribution in [0.15, 0.2) is 103 Å². The lowest BCUT2D eigenvalue weighted by atomic mass is 9.97. The molecule has 1 aromatic heterocycles. The summed E-state index contributed by atoms with van der Waals surface area (Å²) >= 11 is 6.91. The van der Waals surface area contributed by atoms with Gasteiger partial charge in [-0.05, 0) is 72.3 Å². The molecule has 0 aliphatic heterocycles. The summed E-state index contributed by atoms with van der Waals surface area (Å²) in [6, 6.07) is 35.1. The summed E-state index contributed by atoms with van der Waals surface area (Å²) in [5.41, 5.74) is 14.0. The molecule has 1 heterocycles. The lowest BCUT2D eigenvalue weighted by molar-refractivity contribution is 0.0600. The fourth-order valence-electron chi connectivity index (χ4n) is 5.58. The number of ether oxygens (including phenoxy) is 1. The quantitative estimate of drug-likeness (QED) is 0.189. The number of hydrogen-bond donors (Lipinski definition) is 1. The molecule has 0 saturated carbocycles. The van der Waals surface area contributed by atoms with Crippen LogP contribution < -0.4 is 5.73 Å². The molecule has 0 atom stereocenters. The summed E-state index contributed by atoms with van der Waals surface area (Å²) in [6.07, 6.45) is 3.46. The number of benzene rings is 4. The van der Waals surface area contributed by atoms with Crippen LogP contribution in [0, 0.1) is 0 Å². The highest BCUT2D eigenvalue weighted by molar-refractivity contribution is 6.35. The molecule has 5 rings (SSSR count). The van der Waals surface area contributed by atoms with Crippen molar-refractivity contribution < 1.29 is 9.53 Å². The van der Waals surface area contributed by atoms with Gasteiger partial charge in [0.15, 0.2) is 0 Å². The van der Waals surface area contributed by atoms with Crippen molar-refractivity contribution in [3.63, 3.8) is 0 Å². The highest BCUT2D eigenvalue weighted by atomic mass is 35.5. The molecular weight excluding hydrogens is 504 g/mol. The van der Waals surface area contributed by atoms with Crippen molar-refractivity contribution in [1.29, 1.82) is 0 Å². The maximum absolute atomic E-state index is 11.8. The Bertz CT molecular complexity index is 1500. The third-order valence-electron chi connectivity index (χ3n) is 7.33. The van der Waals surface area contributed by atoms with Crippen LogP contribution in [0.3, 0.4) is 0 Å². The highest BCUT2D eigenvalue weighted by Gasteiger charge is 2.25. The number of nitrogens with zero attached hydrogens (tertiary/aromatic N) is 1. The molecule has 0 unspecified atom stereocenters. The van der Waals surface area contributed by atoms with E-state index < -0.39 is 0 Å². The van der Waals surface area contributed by atoms with E-state index in [4.69, 9.17) is 22.1 Å². The van der Waals surface area contributed by atoms with Gasteiger partial charge in [0.05, 0.1) is 29.3 Å². The summed E-state index contributed by atoms with van der Waals surface area (Å²) in [7, 11) is 1.40. The van der Waals surface area contributed by atoms with Crippen LogP contribution in [0.1, 0.15) is 50.8 Å². The van der Waals surface area contributed by atoms with E-state index in [0.717, 1.165) is 41.6 Å². The first-order chi connectivity index (χ1) is 19.1. The summed E-state index contributed by atoms with van der Waals surface area (Å²) in [4.78, 5) is 11.8. The number of methoxy groups -OCH3 is 1. The van der Waals surface area contributed by atoms with E-state index in [1.54, 1.807) is 0 Å². The number of halogens is 1. The minimum atomic E-state index is -0.318. The normalized spacial score (nSPS) is 11.3. The van der Waals surface area contributed by atoms with Gasteiger partial charge < -0.3 is 15.0 Å². The minimum absolute atomic E-state index is 0.00506. The smallest absolute Gasteiger partial charge is 0.337 e. The number of rotatable bonds is 10. The Morgan fingerprint density at radius 1 is 0.821 bits per heavy atom. The second-order valence-corrected chi connectivity index (χ2v) is 10.1. The molecule has 0 radical (unpaired) electrons. The molecule has 5 heteroatoms. The van der Waals surface area contributed by atoms with Gasteiger partial charge in [-0.3, -0.25) is 0 Å². The van der Waals surface area contributed by atoms with Crippen molar-refractivity contribution >= 4 is 28.5 Å². The van der Waals surface area contributed by atoms with Gasteiger partial charge >= 0.3 is 5.97 Å². The minimum Gasteiger partial charge on any atom is -0.465 e. The summed E-state index contributed by atoms with van der Waals surface area (Å²) < 4.78 is 7.28. The van der Waals surface area contributed by atoms with Crippen molar-refractivity contribution in [2.45, 2.75) is 31.7 Å². The fourth-order valence-corrected chi connectivity index (χ4v) is 5.86. The largest absolute Gasteiger partial charge is 0.465 e. The van der Waals surface area contributed by atoms with E-state index in [1.165, 1.54) is 35.1 Å². The second kappa shape index (κ2) is 12.3. The zero-order chi connectivity index (χ0) is 27.2. The molecule has 0 aliphatic rings. The molecule has 0 spiro atoms. The van der Waals surface area contributed by atoms with E-state index in [0.29, 0.717) is 12.1 Å². The van der Waals surface area contributed by atoms with E-state index in [2.05, 4.69) is 71.3 Å². The van der Waals surface area contributed by atoms with Gasteiger partial charge in [0.2, 0.25) is 0 Å². The van der Waals surface area contributed by atoms with Crippen LogP contribution in [-0.4, -0.2) is 24.2 Å². The molecule has 4 nitrogen and oxygen atoms in total. The predicted octanol–water partition coefficient (Wildman–Crippen LogP) is 7.40. The number of aryl methyl sites for hydroxylation is 2. The van der Waals surface area contributed by atoms with Crippen molar-refractivity contribution in [2.24, 2.45) is 5.73 Å². The average Bonchev–Trinajstić information content (AvgIpc) is 3.28. The van der Waals surface area contributed by atoms with Crippen LogP contribution in [0.25, 0.3) is 10.9 Å². The van der Waals surface area contributed by atoms with Gasteiger partial charge in [-0.25, -0.2) is 4.79 Å². The molecule has 2 N–H and O–H groups in total. The van der Waals surface area contributed by atoms with E-state index in [-0.39, 0.29) is 12.0 Å². The Kier molecular flexibility index (Phi) is 8.45. The summed E-state index contributed by atoms with van der Waals surface area (Å²) in [5.74, 6) is -0.318. The van der Waals surface area contributed by atoms with Gasteiger partial charge in [-0.2, -0.15) is 0 Å². The topological polar surface area (TPSA) is 57.2 Å². The molecular formula is C34H33ClN2O2. The number of aromatic nitrogens is 1. The predicted molar refractivity (Wildman–Crippen MR) is 160 cm³/mol. The Hall–Kier alpha value is -3.86. The van der Waals surface area contributed by atoms with E-state index in [9.17, 15) is 4.79 Å². The standard InChI is InChI=1S/C34H33ClN2O2/c1-39-34(38)27-20-18-24(19-21-27)10-8-15-28-30(22-23-36)37(31-17-9-16-29(35)32(28)31)33(25-11-4-2-5-12-25)26-13-6-3-7-14-26/h2-7,9,11-14,16-21,33H,8,10,15,22-23,36H2,1H3. The van der Waals surface area contributed by atoms with Gasteiger partial charge in [0.1, 0.15) is 0 Å². The van der Waals surface area contributed by atoms with Crippen molar-refractivity contribution in [3.8, 4) is 0 Å². The summed E-state index contributed by atoms with van der Waals surface area (Å²) in [5, 5.41) is 1.88. The lowest BCUT2D eigenvalue weighted by Gasteiger charge is -2.25. The highest BCUT2D eigenvalue weighted by Crippen LogP contribution is 2.39. The molecule has 4 aromatic carbocycles. The van der Waals surface area contributed by atoms with Gasteiger partial charge in [-0.1, -0.05) is 90.5 Å². The zero-order valence-corrected chi connectivity index (χ0v) is 22.9. The molecule has 198 valence electrons. The Morgan fingerprint density at radius 2 is 1.46 bits per heavy atom.